The van der Waals surface area contributed by atoms with E-state index in [1.165, 1.54) is 0 Å². The molecule has 0 aliphatic carbocycles. The molecule has 2 unspecified atom stereocenters. The van der Waals surface area contributed by atoms with Gasteiger partial charge < -0.3 is 61.8 Å². The fourth-order valence-corrected chi connectivity index (χ4v) is 6.68. The fraction of sp³-hybridized carbons (Fsp3) is 0.500. The third-order valence-electron chi connectivity index (χ3n) is 9.52. The minimum Gasteiger partial charge on any atom is -0.484 e. The van der Waals surface area contributed by atoms with Crippen LogP contribution in [0.5, 0.6) is 11.5 Å². The molecule has 1 fully saturated rings. The average molecular weight is 802 g/mol. The van der Waals surface area contributed by atoms with Gasteiger partial charge in [-0.1, -0.05) is 35.9 Å². The number of aliphatic hydroxyl groups excluding tert-OH is 4. The van der Waals surface area contributed by atoms with Gasteiger partial charge in [0.15, 0.2) is 35.7 Å². The van der Waals surface area contributed by atoms with Gasteiger partial charge >= 0.3 is 0 Å². The standard InChI is InChI=1S/C38H53ClN8O9/c39-35-37(41)46-36(40)34(45-35)38(54)44-27-6-3-17-47(20-27,15-1-4-25-7-11-30(12-8-25)55-23-32(52)42-18-28(50)21-48)16-2-5-26-9-13-31(14-10-26)56-24-33(53)43-19-29(51)22-49/h7-14,27-29,48-51H,1-6,15-24H2,(H6-,40,41,42,43,44,46,52,53,54)/p+1/t27-,28?,29?,47?/m0/s1. The molecule has 0 bridgehead atoms. The lowest BCUT2D eigenvalue weighted by Crippen LogP contribution is -2.60. The number of anilines is 2. The van der Waals surface area contributed by atoms with Gasteiger partial charge in [0.2, 0.25) is 0 Å². The monoisotopic (exact) mass is 801 g/mol. The number of quaternary nitrogens is 1. The largest absolute Gasteiger partial charge is 0.484 e. The van der Waals surface area contributed by atoms with E-state index in [1.807, 2.05) is 48.5 Å². The number of nitrogens with one attached hydrogen (secondary N) is 3. The summed E-state index contributed by atoms with van der Waals surface area (Å²) in [6.07, 6.45) is 3.07. The summed E-state index contributed by atoms with van der Waals surface area (Å²) >= 11 is 6.05. The Bertz CT molecular complexity index is 1640. The van der Waals surface area contributed by atoms with E-state index in [-0.39, 0.29) is 54.8 Å². The lowest BCUT2D eigenvalue weighted by Gasteiger charge is -2.45. The molecule has 3 atom stereocenters. The number of nitrogen functional groups attached to an aromatic ring is 2. The van der Waals surface area contributed by atoms with Gasteiger partial charge in [0.25, 0.3) is 17.7 Å². The molecule has 3 aromatic rings. The first-order valence-corrected chi connectivity index (χ1v) is 19.1. The van der Waals surface area contributed by atoms with Crippen molar-refractivity contribution in [2.24, 2.45) is 0 Å². The number of hydrogen-bond acceptors (Lipinski definition) is 13. The first-order valence-electron chi connectivity index (χ1n) is 18.7. The molecule has 17 nitrogen and oxygen atoms in total. The van der Waals surface area contributed by atoms with Crippen LogP contribution in [0.15, 0.2) is 48.5 Å². The summed E-state index contributed by atoms with van der Waals surface area (Å²) in [4.78, 5) is 45.2. The number of carbonyl (C=O) groups excluding carboxylic acids is 3. The van der Waals surface area contributed by atoms with E-state index < -0.39 is 43.1 Å². The summed E-state index contributed by atoms with van der Waals surface area (Å²) in [7, 11) is 0. The van der Waals surface area contributed by atoms with Crippen molar-refractivity contribution in [1.82, 2.24) is 25.9 Å². The second kappa shape index (κ2) is 22.1. The number of halogens is 1. The Morgan fingerprint density at radius 3 is 1.79 bits per heavy atom. The number of benzene rings is 2. The second-order valence-corrected chi connectivity index (χ2v) is 14.4. The van der Waals surface area contributed by atoms with Gasteiger partial charge in [-0.05, 0) is 61.1 Å². The minimum absolute atomic E-state index is 0.0446. The molecule has 1 aromatic heterocycles. The third-order valence-corrected chi connectivity index (χ3v) is 9.80. The summed E-state index contributed by atoms with van der Waals surface area (Å²) in [5, 5.41) is 44.6. The number of piperidine rings is 1. The second-order valence-electron chi connectivity index (χ2n) is 14.0. The summed E-state index contributed by atoms with van der Waals surface area (Å²) in [5.41, 5.74) is 13.8. The molecule has 1 saturated heterocycles. The van der Waals surface area contributed by atoms with Gasteiger partial charge in [-0.15, -0.1) is 0 Å². The molecule has 306 valence electrons. The lowest BCUT2D eigenvalue weighted by atomic mass is 9.99. The minimum atomic E-state index is -1.02. The number of ether oxygens (including phenoxy) is 2. The molecule has 2 heterocycles. The van der Waals surface area contributed by atoms with Crippen molar-refractivity contribution in [3.8, 4) is 11.5 Å². The summed E-state index contributed by atoms with van der Waals surface area (Å²) < 4.78 is 11.9. The maximum absolute atomic E-state index is 13.3. The number of carbonyl (C=O) groups is 3. The molecule has 4 rings (SSSR count). The van der Waals surface area contributed by atoms with Crippen LogP contribution in [0.25, 0.3) is 0 Å². The van der Waals surface area contributed by atoms with Gasteiger partial charge in [-0.3, -0.25) is 14.4 Å². The predicted molar refractivity (Wildman–Crippen MR) is 209 cm³/mol. The highest BCUT2D eigenvalue weighted by Gasteiger charge is 2.35. The number of amides is 3. The Morgan fingerprint density at radius 1 is 0.804 bits per heavy atom. The smallest absolute Gasteiger partial charge is 0.274 e. The van der Waals surface area contributed by atoms with Crippen LogP contribution in [0.3, 0.4) is 0 Å². The molecule has 3 amide bonds. The Hall–Kier alpha value is -4.78. The summed E-state index contributed by atoms with van der Waals surface area (Å²) in [5.74, 6) is -0.307. The van der Waals surface area contributed by atoms with Crippen molar-refractivity contribution in [3.63, 3.8) is 0 Å². The number of rotatable bonds is 22. The third kappa shape index (κ3) is 14.4. The van der Waals surface area contributed by atoms with Crippen LogP contribution in [-0.2, 0) is 22.4 Å². The van der Waals surface area contributed by atoms with E-state index in [0.717, 1.165) is 80.3 Å². The zero-order valence-electron chi connectivity index (χ0n) is 31.4. The van der Waals surface area contributed by atoms with E-state index >= 15 is 0 Å². The first kappa shape index (κ1) is 43.9. The number of likely N-dealkylation sites (tertiary alicyclic amines) is 1. The highest BCUT2D eigenvalue weighted by Crippen LogP contribution is 2.25. The van der Waals surface area contributed by atoms with Crippen molar-refractivity contribution in [1.29, 1.82) is 0 Å². The zero-order valence-corrected chi connectivity index (χ0v) is 32.1. The van der Waals surface area contributed by atoms with E-state index in [9.17, 15) is 24.6 Å². The van der Waals surface area contributed by atoms with Crippen LogP contribution < -0.4 is 36.9 Å². The van der Waals surface area contributed by atoms with Crippen LogP contribution in [0, 0.1) is 0 Å². The van der Waals surface area contributed by atoms with Crippen molar-refractivity contribution >= 4 is 41.0 Å². The molecule has 2 aromatic carbocycles. The summed E-state index contributed by atoms with van der Waals surface area (Å²) in [6, 6.07) is 15.0. The fourth-order valence-electron chi connectivity index (χ4n) is 6.56. The Balaban J connectivity index is 1.34. The Kier molecular flexibility index (Phi) is 17.3. The number of aliphatic hydroxyl groups is 4. The molecule has 0 spiro atoms. The van der Waals surface area contributed by atoms with Gasteiger partial charge in [0.05, 0.1) is 57.6 Å². The molecule has 0 saturated carbocycles. The highest BCUT2D eigenvalue weighted by atomic mass is 35.5. The van der Waals surface area contributed by atoms with E-state index in [2.05, 4.69) is 25.9 Å². The predicted octanol–water partition coefficient (Wildman–Crippen LogP) is -0.0346. The number of nitrogens with zero attached hydrogens (tertiary/aromatic N) is 3. The SMILES string of the molecule is Nc1nc(N)c(C(=O)N[C@H]2CCC[N+](CCCc3ccc(OCC(=O)NCC(O)CO)cc3)(CCCc3ccc(OCC(=O)NCC(O)CO)cc3)C2)nc1Cl. The Labute approximate surface area is 330 Å². The zero-order chi connectivity index (χ0) is 40.5. The topological polar surface area (TPSA) is 264 Å². The molecule has 56 heavy (non-hydrogen) atoms. The summed E-state index contributed by atoms with van der Waals surface area (Å²) in [6.45, 7) is 2.01. The molecule has 1 aliphatic rings. The lowest BCUT2D eigenvalue weighted by molar-refractivity contribution is -0.933. The molecular weight excluding hydrogens is 748 g/mol. The van der Waals surface area contributed by atoms with Crippen molar-refractivity contribution in [3.05, 3.63) is 70.5 Å². The maximum Gasteiger partial charge on any atom is 0.274 e. The normalized spacial score (nSPS) is 17.7. The van der Waals surface area contributed by atoms with Gasteiger partial charge in [-0.2, -0.15) is 0 Å². The van der Waals surface area contributed by atoms with E-state index in [0.29, 0.717) is 11.5 Å². The number of hydrogen-bond donors (Lipinski definition) is 9. The number of aromatic nitrogens is 2. The quantitative estimate of drug-likeness (QED) is 0.0605. The van der Waals surface area contributed by atoms with Gasteiger partial charge in [-0.25, -0.2) is 9.97 Å². The van der Waals surface area contributed by atoms with Crippen LogP contribution in [0.2, 0.25) is 5.15 Å². The van der Waals surface area contributed by atoms with Gasteiger partial charge in [0.1, 0.15) is 11.5 Å². The molecule has 18 heteroatoms. The van der Waals surface area contributed by atoms with Crippen molar-refractivity contribution < 1.29 is 48.8 Å². The van der Waals surface area contributed by atoms with Crippen LogP contribution >= 0.6 is 11.6 Å². The van der Waals surface area contributed by atoms with E-state index in [1.54, 1.807) is 0 Å². The number of nitrogens with two attached hydrogens (primary N) is 2. The maximum atomic E-state index is 13.3. The molecule has 11 N–H and O–H groups in total. The van der Waals surface area contributed by atoms with Crippen LogP contribution in [-0.4, -0.2) is 137 Å². The average Bonchev–Trinajstić information content (AvgIpc) is 3.19. The molecule has 0 radical (unpaired) electrons. The number of aryl methyl sites for hydroxylation is 2. The van der Waals surface area contributed by atoms with Crippen molar-refractivity contribution in [2.45, 2.75) is 56.8 Å². The molecule has 1 aliphatic heterocycles. The highest BCUT2D eigenvalue weighted by molar-refractivity contribution is 6.31. The Morgan fingerprint density at radius 2 is 1.30 bits per heavy atom. The first-order chi connectivity index (χ1) is 26.9. The molecular formula is C38H54ClN8O9+. The van der Waals surface area contributed by atoms with Crippen LogP contribution in [0.4, 0.5) is 11.6 Å². The van der Waals surface area contributed by atoms with Crippen LogP contribution in [0.1, 0.15) is 47.3 Å². The van der Waals surface area contributed by atoms with E-state index in [4.69, 9.17) is 42.8 Å². The van der Waals surface area contributed by atoms with Gasteiger partial charge in [0, 0.05) is 25.9 Å². The van der Waals surface area contributed by atoms with Crippen molar-refractivity contribution in [2.75, 3.05) is 77.2 Å².